The highest BCUT2D eigenvalue weighted by atomic mass is 32.2. The molecule has 0 saturated heterocycles. The molecule has 0 radical (unpaired) electrons. The Balaban J connectivity index is 2.26. The maximum absolute atomic E-state index is 12.4. The van der Waals surface area contributed by atoms with Crippen molar-refractivity contribution in [3.63, 3.8) is 0 Å². The normalized spacial score (nSPS) is 15.4. The van der Waals surface area contributed by atoms with E-state index in [0.717, 1.165) is 24.2 Å². The average molecular weight is 299 g/mol. The standard InChI is InChI=1S/C12H13NO4S2/c1-2-5-13(7-9-3-4-9)19(16,17)11-6-10(8-18-11)12(14)15/h1,6,8-9H,3-5,7H2,(H,14,15). The molecule has 1 aromatic heterocycles. The number of hydrogen-bond donors (Lipinski definition) is 1. The Morgan fingerprint density at radius 2 is 2.26 bits per heavy atom. The summed E-state index contributed by atoms with van der Waals surface area (Å²) in [5.74, 6) is 1.58. The number of carbonyl (C=O) groups is 1. The monoisotopic (exact) mass is 299 g/mol. The first-order valence-electron chi connectivity index (χ1n) is 5.70. The third kappa shape index (κ3) is 3.15. The molecule has 2 rings (SSSR count). The predicted octanol–water partition coefficient (Wildman–Crippen LogP) is 1.48. The highest BCUT2D eigenvalue weighted by Crippen LogP contribution is 2.32. The number of thiophene rings is 1. The molecule has 0 aromatic carbocycles. The van der Waals surface area contributed by atoms with Crippen LogP contribution in [-0.2, 0) is 10.0 Å². The van der Waals surface area contributed by atoms with E-state index in [4.69, 9.17) is 11.5 Å². The topological polar surface area (TPSA) is 74.7 Å². The van der Waals surface area contributed by atoms with Gasteiger partial charge in [0.15, 0.2) is 0 Å². The highest BCUT2D eigenvalue weighted by Gasteiger charge is 2.32. The minimum Gasteiger partial charge on any atom is -0.478 e. The minimum absolute atomic E-state index is 0.0130. The predicted molar refractivity (Wildman–Crippen MR) is 71.6 cm³/mol. The van der Waals surface area contributed by atoms with Gasteiger partial charge in [0.05, 0.1) is 12.1 Å². The summed E-state index contributed by atoms with van der Waals surface area (Å²) in [5.41, 5.74) is -0.0179. The second-order valence-electron chi connectivity index (χ2n) is 4.40. The lowest BCUT2D eigenvalue weighted by atomic mass is 10.4. The molecule has 5 nitrogen and oxygen atoms in total. The minimum atomic E-state index is -3.68. The van der Waals surface area contributed by atoms with Gasteiger partial charge in [0, 0.05) is 11.9 Å². The molecule has 0 unspecified atom stereocenters. The smallest absolute Gasteiger partial charge is 0.336 e. The molecule has 7 heteroatoms. The van der Waals surface area contributed by atoms with Crippen molar-refractivity contribution in [1.82, 2.24) is 4.31 Å². The first kappa shape index (κ1) is 14.1. The van der Waals surface area contributed by atoms with E-state index >= 15 is 0 Å². The van der Waals surface area contributed by atoms with E-state index in [1.807, 2.05) is 0 Å². The van der Waals surface area contributed by atoms with Gasteiger partial charge < -0.3 is 5.11 Å². The molecular weight excluding hydrogens is 286 g/mol. The Morgan fingerprint density at radius 1 is 1.58 bits per heavy atom. The fourth-order valence-electron chi connectivity index (χ4n) is 1.63. The fraction of sp³-hybridized carbons (Fsp3) is 0.417. The van der Waals surface area contributed by atoms with Crippen molar-refractivity contribution in [2.24, 2.45) is 5.92 Å². The van der Waals surface area contributed by atoms with Gasteiger partial charge in [-0.2, -0.15) is 4.31 Å². The van der Waals surface area contributed by atoms with Crippen LogP contribution in [0.4, 0.5) is 0 Å². The van der Waals surface area contributed by atoms with Crippen LogP contribution in [0.25, 0.3) is 0 Å². The summed E-state index contributed by atoms with van der Waals surface area (Å²) in [6.45, 7) is 0.423. The van der Waals surface area contributed by atoms with Crippen LogP contribution in [0.15, 0.2) is 15.7 Å². The number of terminal acetylenes is 1. The summed E-state index contributed by atoms with van der Waals surface area (Å²) in [7, 11) is -3.68. The van der Waals surface area contributed by atoms with Gasteiger partial charge >= 0.3 is 5.97 Å². The first-order valence-corrected chi connectivity index (χ1v) is 8.02. The Kier molecular flexibility index (Phi) is 3.94. The van der Waals surface area contributed by atoms with Crippen LogP contribution in [0.5, 0.6) is 0 Å². The Hall–Kier alpha value is -1.36. The third-order valence-corrected chi connectivity index (χ3v) is 6.07. The fourth-order valence-corrected chi connectivity index (χ4v) is 4.36. The zero-order chi connectivity index (χ0) is 14.0. The molecule has 1 aliphatic carbocycles. The van der Waals surface area contributed by atoms with Crippen molar-refractivity contribution in [3.8, 4) is 12.3 Å². The van der Waals surface area contributed by atoms with Crippen LogP contribution in [-0.4, -0.2) is 36.9 Å². The Morgan fingerprint density at radius 3 is 2.74 bits per heavy atom. The van der Waals surface area contributed by atoms with Gasteiger partial charge in [0.2, 0.25) is 0 Å². The van der Waals surface area contributed by atoms with Crippen LogP contribution in [0.3, 0.4) is 0 Å². The lowest BCUT2D eigenvalue weighted by Gasteiger charge is -2.18. The molecule has 102 valence electrons. The van der Waals surface area contributed by atoms with Crippen molar-refractivity contribution in [1.29, 1.82) is 0 Å². The summed E-state index contributed by atoms with van der Waals surface area (Å²) < 4.78 is 26.0. The summed E-state index contributed by atoms with van der Waals surface area (Å²) in [6.07, 6.45) is 7.24. The molecule has 1 saturated carbocycles. The molecule has 19 heavy (non-hydrogen) atoms. The third-order valence-electron chi connectivity index (χ3n) is 2.84. The second-order valence-corrected chi connectivity index (χ2v) is 7.48. The Bertz CT molecular complexity index is 622. The molecule has 0 amide bonds. The first-order chi connectivity index (χ1) is 8.95. The SMILES string of the molecule is C#CCN(CC1CC1)S(=O)(=O)c1cc(C(=O)O)cs1. The zero-order valence-electron chi connectivity index (χ0n) is 10.1. The van der Waals surface area contributed by atoms with Gasteiger partial charge in [-0.25, -0.2) is 13.2 Å². The molecule has 1 aromatic rings. The van der Waals surface area contributed by atoms with Crippen LogP contribution >= 0.6 is 11.3 Å². The van der Waals surface area contributed by atoms with Crippen LogP contribution in [0.2, 0.25) is 0 Å². The number of carboxylic acid groups (broad SMARTS) is 1. The van der Waals surface area contributed by atoms with E-state index in [2.05, 4.69) is 5.92 Å². The molecule has 1 aliphatic rings. The van der Waals surface area contributed by atoms with E-state index in [0.29, 0.717) is 12.5 Å². The molecule has 0 atom stereocenters. The summed E-state index contributed by atoms with van der Waals surface area (Å²) in [5, 5.41) is 10.1. The van der Waals surface area contributed by atoms with Crippen LogP contribution in [0, 0.1) is 18.3 Å². The summed E-state index contributed by atoms with van der Waals surface area (Å²) in [4.78, 5) is 10.8. The number of carboxylic acids is 1. The van der Waals surface area contributed by atoms with Gasteiger partial charge in [-0.3, -0.25) is 0 Å². The van der Waals surface area contributed by atoms with Crippen molar-refractivity contribution < 1.29 is 18.3 Å². The molecule has 1 heterocycles. The average Bonchev–Trinajstić information content (AvgIpc) is 3.01. The van der Waals surface area contributed by atoms with Gasteiger partial charge in [-0.1, -0.05) is 5.92 Å². The van der Waals surface area contributed by atoms with E-state index in [1.54, 1.807) is 0 Å². The van der Waals surface area contributed by atoms with Crippen molar-refractivity contribution in [2.45, 2.75) is 17.1 Å². The quantitative estimate of drug-likeness (QED) is 0.807. The van der Waals surface area contributed by atoms with E-state index < -0.39 is 16.0 Å². The molecule has 0 bridgehead atoms. The Labute approximate surface area is 115 Å². The largest absolute Gasteiger partial charge is 0.478 e. The lowest BCUT2D eigenvalue weighted by molar-refractivity contribution is 0.0697. The van der Waals surface area contributed by atoms with Gasteiger partial charge in [-0.05, 0) is 24.8 Å². The summed E-state index contributed by atoms with van der Waals surface area (Å²) in [6, 6.07) is 1.18. The van der Waals surface area contributed by atoms with Crippen LogP contribution < -0.4 is 0 Å². The maximum Gasteiger partial charge on any atom is 0.336 e. The number of nitrogens with zero attached hydrogens (tertiary/aromatic N) is 1. The number of rotatable bonds is 6. The maximum atomic E-state index is 12.4. The van der Waals surface area contributed by atoms with Crippen LogP contribution in [0.1, 0.15) is 23.2 Å². The molecular formula is C12H13NO4S2. The van der Waals surface area contributed by atoms with E-state index in [1.165, 1.54) is 15.8 Å². The number of sulfonamides is 1. The van der Waals surface area contributed by atoms with Gasteiger partial charge in [0.25, 0.3) is 10.0 Å². The van der Waals surface area contributed by atoms with E-state index in [9.17, 15) is 13.2 Å². The van der Waals surface area contributed by atoms with Crippen molar-refractivity contribution in [3.05, 3.63) is 17.0 Å². The van der Waals surface area contributed by atoms with Crippen molar-refractivity contribution >= 4 is 27.3 Å². The molecule has 0 aliphatic heterocycles. The molecule has 1 N–H and O–H groups in total. The number of hydrogen-bond acceptors (Lipinski definition) is 4. The van der Waals surface area contributed by atoms with Gasteiger partial charge in [0.1, 0.15) is 4.21 Å². The zero-order valence-corrected chi connectivity index (χ0v) is 11.7. The number of aromatic carboxylic acids is 1. The highest BCUT2D eigenvalue weighted by molar-refractivity contribution is 7.91. The van der Waals surface area contributed by atoms with E-state index in [-0.39, 0.29) is 16.3 Å². The van der Waals surface area contributed by atoms with Crippen molar-refractivity contribution in [2.75, 3.05) is 13.1 Å². The molecule has 1 fully saturated rings. The molecule has 0 spiro atoms. The van der Waals surface area contributed by atoms with Gasteiger partial charge in [-0.15, -0.1) is 17.8 Å². The lowest BCUT2D eigenvalue weighted by Crippen LogP contribution is -2.32. The summed E-state index contributed by atoms with van der Waals surface area (Å²) >= 11 is 0.907. The second kappa shape index (κ2) is 5.33.